The van der Waals surface area contributed by atoms with Gasteiger partial charge in [-0.2, -0.15) is 0 Å². The van der Waals surface area contributed by atoms with Crippen molar-refractivity contribution in [1.82, 2.24) is 0 Å². The average Bonchev–Trinajstić information content (AvgIpc) is 2.44. The van der Waals surface area contributed by atoms with Crippen LogP contribution in [0.1, 0.15) is 38.5 Å². The quantitative estimate of drug-likeness (QED) is 0.566. The summed E-state index contributed by atoms with van der Waals surface area (Å²) in [5.41, 5.74) is 5.99. The van der Waals surface area contributed by atoms with Crippen molar-refractivity contribution < 1.29 is 14.3 Å². The van der Waals surface area contributed by atoms with Crippen LogP contribution in [0.4, 0.5) is 0 Å². The molecule has 1 rings (SSSR count). The minimum atomic E-state index is -0.225. The summed E-state index contributed by atoms with van der Waals surface area (Å²) in [4.78, 5) is 10.9. The van der Waals surface area contributed by atoms with Gasteiger partial charge >= 0.3 is 5.97 Å². The summed E-state index contributed by atoms with van der Waals surface area (Å²) in [6, 6.07) is 0.130. The number of esters is 1. The van der Waals surface area contributed by atoms with E-state index >= 15 is 0 Å². The first-order valence-electron chi connectivity index (χ1n) is 5.68. The largest absolute Gasteiger partial charge is 0.469 e. The van der Waals surface area contributed by atoms with Crippen molar-refractivity contribution in [1.29, 1.82) is 0 Å². The van der Waals surface area contributed by atoms with Crippen LogP contribution in [0.5, 0.6) is 0 Å². The average molecular weight is 215 g/mol. The minimum absolute atomic E-state index is 0.122. The highest BCUT2D eigenvalue weighted by molar-refractivity contribution is 5.69. The molecule has 0 aromatic rings. The third-order valence-electron chi connectivity index (χ3n) is 2.87. The fourth-order valence-electron chi connectivity index (χ4n) is 1.90. The van der Waals surface area contributed by atoms with E-state index in [2.05, 4.69) is 4.74 Å². The molecule has 2 unspecified atom stereocenters. The second-order valence-corrected chi connectivity index (χ2v) is 4.04. The van der Waals surface area contributed by atoms with Gasteiger partial charge < -0.3 is 15.2 Å². The maximum Gasteiger partial charge on any atom is 0.307 e. The Labute approximate surface area is 91.1 Å². The summed E-state index contributed by atoms with van der Waals surface area (Å²) < 4.78 is 10.2. The van der Waals surface area contributed by atoms with Gasteiger partial charge in [0.1, 0.15) is 0 Å². The Kier molecular flexibility index (Phi) is 5.65. The summed E-state index contributed by atoms with van der Waals surface area (Å²) in [6.07, 6.45) is 6.10. The van der Waals surface area contributed by atoms with Gasteiger partial charge in [-0.15, -0.1) is 0 Å². The molecule has 4 heteroatoms. The third-order valence-corrected chi connectivity index (χ3v) is 2.87. The molecule has 2 N–H and O–H groups in total. The Hall–Kier alpha value is -0.610. The Morgan fingerprint density at radius 2 is 2.07 bits per heavy atom. The van der Waals surface area contributed by atoms with Crippen molar-refractivity contribution in [2.45, 2.75) is 50.7 Å². The Balaban J connectivity index is 2.20. The van der Waals surface area contributed by atoms with Gasteiger partial charge in [-0.05, 0) is 12.8 Å². The number of hydrogen-bond donors (Lipinski definition) is 1. The molecule has 0 radical (unpaired) electrons. The van der Waals surface area contributed by atoms with Crippen LogP contribution in [0.25, 0.3) is 0 Å². The summed E-state index contributed by atoms with van der Waals surface area (Å²) >= 11 is 0. The zero-order valence-corrected chi connectivity index (χ0v) is 9.41. The number of hydrogen-bond acceptors (Lipinski definition) is 4. The SMILES string of the molecule is COC(=O)CCOC1CCCCCC1N. The van der Waals surface area contributed by atoms with Crippen LogP contribution in [-0.4, -0.2) is 31.8 Å². The van der Waals surface area contributed by atoms with E-state index in [-0.39, 0.29) is 18.1 Å². The van der Waals surface area contributed by atoms with Gasteiger partial charge in [-0.25, -0.2) is 0 Å². The first kappa shape index (κ1) is 12.5. The summed E-state index contributed by atoms with van der Waals surface area (Å²) in [5, 5.41) is 0. The van der Waals surface area contributed by atoms with E-state index < -0.39 is 0 Å². The fourth-order valence-corrected chi connectivity index (χ4v) is 1.90. The van der Waals surface area contributed by atoms with Crippen molar-refractivity contribution in [2.75, 3.05) is 13.7 Å². The van der Waals surface area contributed by atoms with Gasteiger partial charge in [-0.3, -0.25) is 4.79 Å². The number of ether oxygens (including phenoxy) is 2. The van der Waals surface area contributed by atoms with Crippen LogP contribution >= 0.6 is 0 Å². The second-order valence-electron chi connectivity index (χ2n) is 4.04. The van der Waals surface area contributed by atoms with E-state index in [0.717, 1.165) is 12.8 Å². The smallest absolute Gasteiger partial charge is 0.307 e. The van der Waals surface area contributed by atoms with E-state index in [4.69, 9.17) is 10.5 Å². The van der Waals surface area contributed by atoms with Crippen molar-refractivity contribution in [2.24, 2.45) is 5.73 Å². The van der Waals surface area contributed by atoms with Crippen LogP contribution in [-0.2, 0) is 14.3 Å². The number of rotatable bonds is 4. The standard InChI is InChI=1S/C11H21NO3/c1-14-11(13)7-8-15-10-6-4-2-3-5-9(10)12/h9-10H,2-8,12H2,1H3. The van der Waals surface area contributed by atoms with E-state index in [1.165, 1.54) is 26.4 Å². The molecule has 0 bridgehead atoms. The van der Waals surface area contributed by atoms with Crippen LogP contribution in [0.3, 0.4) is 0 Å². The molecule has 0 spiro atoms. The zero-order chi connectivity index (χ0) is 11.1. The number of nitrogens with two attached hydrogens (primary N) is 1. The Morgan fingerprint density at radius 3 is 2.80 bits per heavy atom. The molecule has 1 aliphatic carbocycles. The number of methoxy groups -OCH3 is 1. The fraction of sp³-hybridized carbons (Fsp3) is 0.909. The molecular formula is C11H21NO3. The molecule has 1 aliphatic rings. The zero-order valence-electron chi connectivity index (χ0n) is 9.41. The molecule has 1 saturated carbocycles. The number of carbonyl (C=O) groups is 1. The second kappa shape index (κ2) is 6.80. The van der Waals surface area contributed by atoms with Gasteiger partial charge in [0.15, 0.2) is 0 Å². The van der Waals surface area contributed by atoms with Crippen molar-refractivity contribution in [3.63, 3.8) is 0 Å². The summed E-state index contributed by atoms with van der Waals surface area (Å²) in [7, 11) is 1.39. The maximum absolute atomic E-state index is 10.9. The molecule has 0 aliphatic heterocycles. The summed E-state index contributed by atoms with van der Waals surface area (Å²) in [5.74, 6) is -0.225. The molecule has 15 heavy (non-hydrogen) atoms. The molecular weight excluding hydrogens is 194 g/mol. The molecule has 88 valence electrons. The molecule has 0 aromatic carbocycles. The van der Waals surface area contributed by atoms with Crippen molar-refractivity contribution in [3.8, 4) is 0 Å². The first-order chi connectivity index (χ1) is 7.24. The van der Waals surface area contributed by atoms with Gasteiger partial charge in [0, 0.05) is 6.04 Å². The third kappa shape index (κ3) is 4.62. The van der Waals surface area contributed by atoms with Gasteiger partial charge in [0.25, 0.3) is 0 Å². The molecule has 1 fully saturated rings. The lowest BCUT2D eigenvalue weighted by atomic mass is 10.1. The lowest BCUT2D eigenvalue weighted by Crippen LogP contribution is -2.36. The number of carbonyl (C=O) groups excluding carboxylic acids is 1. The highest BCUT2D eigenvalue weighted by atomic mass is 16.5. The van der Waals surface area contributed by atoms with Crippen molar-refractivity contribution in [3.05, 3.63) is 0 Å². The van der Waals surface area contributed by atoms with Crippen molar-refractivity contribution >= 4 is 5.97 Å². The Morgan fingerprint density at radius 1 is 1.33 bits per heavy atom. The van der Waals surface area contributed by atoms with Gasteiger partial charge in [0.05, 0.1) is 26.2 Å². The minimum Gasteiger partial charge on any atom is -0.469 e. The lowest BCUT2D eigenvalue weighted by Gasteiger charge is -2.21. The van der Waals surface area contributed by atoms with E-state index in [9.17, 15) is 4.79 Å². The normalized spacial score (nSPS) is 27.1. The predicted octanol–water partition coefficient (Wildman–Crippen LogP) is 1.23. The van der Waals surface area contributed by atoms with E-state index in [0.29, 0.717) is 13.0 Å². The van der Waals surface area contributed by atoms with E-state index in [1.807, 2.05) is 0 Å². The van der Waals surface area contributed by atoms with Crippen LogP contribution in [0.2, 0.25) is 0 Å². The van der Waals surface area contributed by atoms with Gasteiger partial charge in [-0.1, -0.05) is 19.3 Å². The monoisotopic (exact) mass is 215 g/mol. The maximum atomic E-state index is 10.9. The molecule has 0 amide bonds. The molecule has 4 nitrogen and oxygen atoms in total. The lowest BCUT2D eigenvalue weighted by molar-refractivity contribution is -0.142. The Bertz CT molecular complexity index is 196. The molecule has 0 saturated heterocycles. The summed E-state index contributed by atoms with van der Waals surface area (Å²) in [6.45, 7) is 0.422. The van der Waals surface area contributed by atoms with Crippen LogP contribution < -0.4 is 5.73 Å². The van der Waals surface area contributed by atoms with Crippen LogP contribution in [0.15, 0.2) is 0 Å². The highest BCUT2D eigenvalue weighted by Gasteiger charge is 2.20. The van der Waals surface area contributed by atoms with Crippen LogP contribution in [0, 0.1) is 0 Å². The molecule has 0 heterocycles. The predicted molar refractivity (Wildman–Crippen MR) is 57.4 cm³/mol. The first-order valence-corrected chi connectivity index (χ1v) is 5.68. The molecule has 0 aromatic heterocycles. The van der Waals surface area contributed by atoms with Gasteiger partial charge in [0.2, 0.25) is 0 Å². The molecule has 2 atom stereocenters. The highest BCUT2D eigenvalue weighted by Crippen LogP contribution is 2.19. The topological polar surface area (TPSA) is 61.5 Å². The van der Waals surface area contributed by atoms with E-state index in [1.54, 1.807) is 0 Å².